The monoisotopic (exact) mass is 503 g/mol. The number of alkyl halides is 2. The van der Waals surface area contributed by atoms with Crippen LogP contribution in [0.4, 0.5) is 0 Å². The highest BCUT2D eigenvalue weighted by molar-refractivity contribution is 9.11. The minimum Gasteiger partial charge on any atom is -0.345 e. The predicted octanol–water partition coefficient (Wildman–Crippen LogP) is 4.88. The average Bonchev–Trinajstić information content (AvgIpc) is 2.36. The fraction of sp³-hybridized carbons (Fsp3) is 0.417. The molecule has 0 atom stereocenters. The van der Waals surface area contributed by atoms with Crippen LogP contribution < -0.4 is 5.32 Å². The zero-order valence-corrected chi connectivity index (χ0v) is 16.1. The average molecular weight is 507 g/mol. The van der Waals surface area contributed by atoms with E-state index in [9.17, 15) is 4.79 Å². The molecule has 0 heterocycles. The lowest BCUT2D eigenvalue weighted by Crippen LogP contribution is -2.51. The van der Waals surface area contributed by atoms with Crippen molar-refractivity contribution in [3.63, 3.8) is 0 Å². The molecule has 0 aliphatic heterocycles. The second kappa shape index (κ2) is 7.41. The predicted molar refractivity (Wildman–Crippen MR) is 89.9 cm³/mol. The summed E-state index contributed by atoms with van der Waals surface area (Å²) in [6.45, 7) is 2.05. The summed E-state index contributed by atoms with van der Waals surface area (Å²) >= 11 is 13.7. The fourth-order valence-electron chi connectivity index (χ4n) is 1.36. The van der Waals surface area contributed by atoms with Crippen molar-refractivity contribution >= 4 is 69.6 Å². The summed E-state index contributed by atoms with van der Waals surface area (Å²) in [6.07, 6.45) is 0.851. The zero-order valence-electron chi connectivity index (χ0n) is 9.77. The molecule has 1 N–H and O–H groups in total. The molecule has 1 amide bonds. The van der Waals surface area contributed by atoms with Crippen LogP contribution in [-0.2, 0) is 0 Å². The standard InChI is InChI=1S/C12H13Br4NO/c1-2-12(6-13,7-14)17-11(18)9-4-3-8(15)5-10(9)16/h3-5H,2,6-7H2,1H3,(H,17,18). The zero-order chi connectivity index (χ0) is 13.8. The highest BCUT2D eigenvalue weighted by atomic mass is 79.9. The molecular weight excluding hydrogens is 494 g/mol. The summed E-state index contributed by atoms with van der Waals surface area (Å²) in [5, 5.41) is 4.50. The van der Waals surface area contributed by atoms with Gasteiger partial charge in [-0.15, -0.1) is 0 Å². The van der Waals surface area contributed by atoms with Crippen molar-refractivity contribution < 1.29 is 4.79 Å². The number of halogens is 4. The van der Waals surface area contributed by atoms with Gasteiger partial charge < -0.3 is 5.32 Å². The maximum Gasteiger partial charge on any atom is 0.252 e. The summed E-state index contributed by atoms with van der Waals surface area (Å²) in [6, 6.07) is 5.52. The summed E-state index contributed by atoms with van der Waals surface area (Å²) in [5.41, 5.74) is 0.377. The Kier molecular flexibility index (Phi) is 6.86. The Morgan fingerprint density at radius 1 is 1.28 bits per heavy atom. The topological polar surface area (TPSA) is 29.1 Å². The van der Waals surface area contributed by atoms with Gasteiger partial charge in [0.2, 0.25) is 0 Å². The van der Waals surface area contributed by atoms with Gasteiger partial charge in [0.25, 0.3) is 5.91 Å². The van der Waals surface area contributed by atoms with Gasteiger partial charge in [-0.1, -0.05) is 54.7 Å². The molecule has 0 spiro atoms. The molecule has 0 aliphatic carbocycles. The molecule has 0 unspecified atom stereocenters. The number of carbonyl (C=O) groups is 1. The minimum absolute atomic E-state index is 0.0740. The smallest absolute Gasteiger partial charge is 0.252 e. The van der Waals surface area contributed by atoms with Crippen LogP contribution in [0.3, 0.4) is 0 Å². The summed E-state index contributed by atoms with van der Waals surface area (Å²) in [5.74, 6) is -0.0740. The van der Waals surface area contributed by atoms with Crippen LogP contribution in [-0.4, -0.2) is 22.1 Å². The van der Waals surface area contributed by atoms with E-state index in [2.05, 4.69) is 76.0 Å². The SMILES string of the molecule is CCC(CBr)(CBr)NC(=O)c1ccc(Br)cc1Br. The van der Waals surface area contributed by atoms with Crippen molar-refractivity contribution in [1.82, 2.24) is 5.32 Å². The Morgan fingerprint density at radius 3 is 2.33 bits per heavy atom. The quantitative estimate of drug-likeness (QED) is 0.567. The summed E-state index contributed by atoms with van der Waals surface area (Å²) in [4.78, 5) is 12.3. The molecule has 0 saturated heterocycles. The van der Waals surface area contributed by atoms with Crippen LogP contribution in [0.5, 0.6) is 0 Å². The molecule has 0 aromatic heterocycles. The van der Waals surface area contributed by atoms with Gasteiger partial charge in [-0.3, -0.25) is 4.79 Å². The number of amides is 1. The lowest BCUT2D eigenvalue weighted by molar-refractivity contribution is 0.0914. The first-order valence-electron chi connectivity index (χ1n) is 5.37. The van der Waals surface area contributed by atoms with Crippen molar-refractivity contribution in [3.8, 4) is 0 Å². The van der Waals surface area contributed by atoms with E-state index < -0.39 is 0 Å². The van der Waals surface area contributed by atoms with Gasteiger partial charge in [0.15, 0.2) is 0 Å². The van der Waals surface area contributed by atoms with Gasteiger partial charge in [0.05, 0.1) is 11.1 Å². The molecule has 0 radical (unpaired) electrons. The third kappa shape index (κ3) is 4.05. The summed E-state index contributed by atoms with van der Waals surface area (Å²) < 4.78 is 1.72. The molecule has 1 rings (SSSR count). The molecule has 18 heavy (non-hydrogen) atoms. The van der Waals surface area contributed by atoms with Crippen LogP contribution in [0, 0.1) is 0 Å². The molecule has 0 bridgehead atoms. The van der Waals surface area contributed by atoms with Gasteiger partial charge in [-0.2, -0.15) is 0 Å². The number of nitrogens with one attached hydrogen (secondary N) is 1. The van der Waals surface area contributed by atoms with Crippen molar-refractivity contribution in [2.75, 3.05) is 10.7 Å². The van der Waals surface area contributed by atoms with Crippen molar-refractivity contribution in [2.24, 2.45) is 0 Å². The Balaban J connectivity index is 2.94. The van der Waals surface area contributed by atoms with E-state index in [1.165, 1.54) is 0 Å². The first-order valence-corrected chi connectivity index (χ1v) is 9.20. The first kappa shape index (κ1) is 16.7. The highest BCUT2D eigenvalue weighted by Gasteiger charge is 2.28. The summed E-state index contributed by atoms with van der Waals surface area (Å²) in [7, 11) is 0. The van der Waals surface area contributed by atoms with E-state index in [0.29, 0.717) is 16.2 Å². The number of carbonyl (C=O) groups excluding carboxylic acids is 1. The van der Waals surface area contributed by atoms with E-state index in [-0.39, 0.29) is 11.4 Å². The van der Waals surface area contributed by atoms with Gasteiger partial charge in [-0.05, 0) is 40.5 Å². The molecule has 0 fully saturated rings. The Labute approximate surface area is 141 Å². The van der Waals surface area contributed by atoms with Crippen LogP contribution in [0.1, 0.15) is 23.7 Å². The lowest BCUT2D eigenvalue weighted by Gasteiger charge is -2.30. The third-order valence-corrected chi connectivity index (χ3v) is 6.04. The van der Waals surface area contributed by atoms with Crippen LogP contribution in [0.2, 0.25) is 0 Å². The van der Waals surface area contributed by atoms with E-state index in [4.69, 9.17) is 0 Å². The normalized spacial score (nSPS) is 11.4. The van der Waals surface area contributed by atoms with Gasteiger partial charge in [0.1, 0.15) is 0 Å². The highest BCUT2D eigenvalue weighted by Crippen LogP contribution is 2.24. The molecular formula is C12H13Br4NO. The Hall–Kier alpha value is 0.610. The number of hydrogen-bond donors (Lipinski definition) is 1. The molecule has 6 heteroatoms. The molecule has 0 aliphatic rings. The van der Waals surface area contributed by atoms with Crippen molar-refractivity contribution in [2.45, 2.75) is 18.9 Å². The van der Waals surface area contributed by atoms with E-state index in [1.54, 1.807) is 6.07 Å². The largest absolute Gasteiger partial charge is 0.345 e. The van der Waals surface area contributed by atoms with Gasteiger partial charge in [-0.25, -0.2) is 0 Å². The molecule has 100 valence electrons. The second-order valence-electron chi connectivity index (χ2n) is 3.98. The molecule has 0 saturated carbocycles. The minimum atomic E-state index is -0.260. The number of rotatable bonds is 5. The number of hydrogen-bond acceptors (Lipinski definition) is 1. The van der Waals surface area contributed by atoms with Crippen molar-refractivity contribution in [3.05, 3.63) is 32.7 Å². The van der Waals surface area contributed by atoms with Crippen LogP contribution in [0.25, 0.3) is 0 Å². The van der Waals surface area contributed by atoms with Crippen molar-refractivity contribution in [1.29, 1.82) is 0 Å². The van der Waals surface area contributed by atoms with Gasteiger partial charge in [0, 0.05) is 19.6 Å². The van der Waals surface area contributed by atoms with E-state index in [0.717, 1.165) is 15.4 Å². The lowest BCUT2D eigenvalue weighted by atomic mass is 10.0. The second-order valence-corrected chi connectivity index (χ2v) is 6.87. The molecule has 1 aromatic rings. The molecule has 2 nitrogen and oxygen atoms in total. The Morgan fingerprint density at radius 2 is 1.89 bits per heavy atom. The first-order chi connectivity index (χ1) is 8.48. The Bertz CT molecular complexity index is 424. The van der Waals surface area contributed by atoms with E-state index >= 15 is 0 Å². The van der Waals surface area contributed by atoms with Crippen LogP contribution >= 0.6 is 63.7 Å². The maximum absolute atomic E-state index is 12.3. The molecule has 1 aromatic carbocycles. The maximum atomic E-state index is 12.3. The number of benzene rings is 1. The van der Waals surface area contributed by atoms with Crippen LogP contribution in [0.15, 0.2) is 27.1 Å². The van der Waals surface area contributed by atoms with E-state index in [1.807, 2.05) is 12.1 Å². The third-order valence-electron chi connectivity index (χ3n) is 2.74. The fourth-order valence-corrected chi connectivity index (χ4v) is 4.59. The van der Waals surface area contributed by atoms with Gasteiger partial charge >= 0.3 is 0 Å².